The van der Waals surface area contributed by atoms with Gasteiger partial charge in [-0.05, 0) is 0 Å². The van der Waals surface area contributed by atoms with Crippen LogP contribution in [0.5, 0.6) is 0 Å². The summed E-state index contributed by atoms with van der Waals surface area (Å²) in [6, 6.07) is 2.33. The Balaban J connectivity index is 1.97. The Hall–Kier alpha value is -0.910. The van der Waals surface area contributed by atoms with Crippen LogP contribution < -0.4 is 5.32 Å². The summed E-state index contributed by atoms with van der Waals surface area (Å²) in [7, 11) is 0. The van der Waals surface area contributed by atoms with E-state index in [4.69, 9.17) is 14.4 Å². The molecule has 0 amide bonds. The van der Waals surface area contributed by atoms with Crippen LogP contribution in [0.3, 0.4) is 0 Å². The van der Waals surface area contributed by atoms with Crippen LogP contribution in [-0.2, 0) is 17.6 Å². The molecule has 96 valence electrons. The Morgan fingerprint density at radius 3 is 2.82 bits per heavy atom. The van der Waals surface area contributed by atoms with Gasteiger partial charge in [0, 0.05) is 24.9 Å². The van der Waals surface area contributed by atoms with Gasteiger partial charge in [-0.15, -0.1) is 0 Å². The summed E-state index contributed by atoms with van der Waals surface area (Å²) in [6.07, 6.45) is 1.33. The van der Waals surface area contributed by atoms with E-state index in [2.05, 4.69) is 24.3 Å². The van der Waals surface area contributed by atoms with Gasteiger partial charge in [0.25, 0.3) is 0 Å². The molecule has 1 fully saturated rings. The zero-order valence-corrected chi connectivity index (χ0v) is 10.4. The zero-order chi connectivity index (χ0) is 12.3. The van der Waals surface area contributed by atoms with Crippen molar-refractivity contribution in [2.45, 2.75) is 38.3 Å². The Labute approximate surface area is 101 Å². The molecule has 0 bridgehead atoms. The van der Waals surface area contributed by atoms with Crippen molar-refractivity contribution in [2.75, 3.05) is 19.8 Å². The maximum absolute atomic E-state index is 8.82. The van der Waals surface area contributed by atoms with Crippen LogP contribution in [0, 0.1) is 0 Å². The second-order valence-corrected chi connectivity index (χ2v) is 5.01. The molecule has 0 saturated carbocycles. The standard InChI is InChI=1S/C12H20N2O3/c1-9(2)13-12(7-16-8-12)6-10-5-11(3-4-15)17-14-10/h5,9,13,15H,3-4,6-8H2,1-2H3. The minimum absolute atomic E-state index is 0.00151. The van der Waals surface area contributed by atoms with E-state index in [1.165, 1.54) is 0 Å². The quantitative estimate of drug-likeness (QED) is 0.758. The molecule has 2 N–H and O–H groups in total. The van der Waals surface area contributed by atoms with E-state index < -0.39 is 0 Å². The van der Waals surface area contributed by atoms with E-state index in [0.717, 1.165) is 17.9 Å². The Kier molecular flexibility index (Phi) is 3.81. The van der Waals surface area contributed by atoms with Gasteiger partial charge in [-0.2, -0.15) is 0 Å². The van der Waals surface area contributed by atoms with Crippen molar-refractivity contribution in [1.82, 2.24) is 10.5 Å². The fourth-order valence-corrected chi connectivity index (χ4v) is 2.21. The zero-order valence-electron chi connectivity index (χ0n) is 10.4. The van der Waals surface area contributed by atoms with Gasteiger partial charge in [0.15, 0.2) is 0 Å². The van der Waals surface area contributed by atoms with Gasteiger partial charge >= 0.3 is 0 Å². The number of ether oxygens (including phenoxy) is 1. The van der Waals surface area contributed by atoms with Gasteiger partial charge in [0.1, 0.15) is 5.76 Å². The summed E-state index contributed by atoms with van der Waals surface area (Å²) >= 11 is 0. The van der Waals surface area contributed by atoms with Gasteiger partial charge < -0.3 is 19.7 Å². The monoisotopic (exact) mass is 240 g/mol. The number of aliphatic hydroxyl groups excluding tert-OH is 1. The summed E-state index contributed by atoms with van der Waals surface area (Å²) in [5, 5.41) is 16.4. The second kappa shape index (κ2) is 5.16. The molecule has 5 heteroatoms. The van der Waals surface area contributed by atoms with E-state index in [9.17, 15) is 0 Å². The minimum Gasteiger partial charge on any atom is -0.396 e. The van der Waals surface area contributed by atoms with Crippen LogP contribution in [0.25, 0.3) is 0 Å². The highest BCUT2D eigenvalue weighted by Crippen LogP contribution is 2.23. The summed E-state index contributed by atoms with van der Waals surface area (Å²) in [4.78, 5) is 0. The van der Waals surface area contributed by atoms with E-state index in [1.54, 1.807) is 0 Å². The lowest BCUT2D eigenvalue weighted by Gasteiger charge is -2.43. The van der Waals surface area contributed by atoms with E-state index in [-0.39, 0.29) is 12.1 Å². The molecule has 2 heterocycles. The summed E-state index contributed by atoms with van der Waals surface area (Å²) in [5.41, 5.74) is 0.923. The van der Waals surface area contributed by atoms with Crippen molar-refractivity contribution in [3.8, 4) is 0 Å². The summed E-state index contributed by atoms with van der Waals surface area (Å²) in [6.45, 7) is 5.77. The normalized spacial score (nSPS) is 18.4. The predicted octanol–water partition coefficient (Wildman–Crippen LogP) is 0.519. The third-order valence-electron chi connectivity index (χ3n) is 2.84. The van der Waals surface area contributed by atoms with Gasteiger partial charge in [-0.3, -0.25) is 0 Å². The van der Waals surface area contributed by atoms with E-state index in [0.29, 0.717) is 25.7 Å². The molecule has 1 aliphatic heterocycles. The first-order valence-corrected chi connectivity index (χ1v) is 6.04. The molecule has 1 aromatic heterocycles. The highest BCUT2D eigenvalue weighted by molar-refractivity contribution is 5.12. The number of aromatic nitrogens is 1. The molecule has 5 nitrogen and oxygen atoms in total. The molecular weight excluding hydrogens is 220 g/mol. The maximum Gasteiger partial charge on any atom is 0.139 e. The first-order valence-electron chi connectivity index (χ1n) is 6.04. The first-order chi connectivity index (χ1) is 8.13. The molecule has 0 spiro atoms. The molecular formula is C12H20N2O3. The number of hydrogen-bond acceptors (Lipinski definition) is 5. The molecule has 0 aromatic carbocycles. The van der Waals surface area contributed by atoms with Gasteiger partial charge in [-0.1, -0.05) is 19.0 Å². The molecule has 2 rings (SSSR count). The van der Waals surface area contributed by atoms with Gasteiger partial charge in [0.2, 0.25) is 0 Å². The SMILES string of the molecule is CC(C)NC1(Cc2cc(CCO)on2)COC1. The Morgan fingerprint density at radius 1 is 1.53 bits per heavy atom. The highest BCUT2D eigenvalue weighted by atomic mass is 16.5. The molecule has 0 atom stereocenters. The lowest BCUT2D eigenvalue weighted by Crippen LogP contribution is -2.63. The van der Waals surface area contributed by atoms with Crippen LogP contribution in [-0.4, -0.2) is 41.7 Å². The molecule has 0 radical (unpaired) electrons. The largest absolute Gasteiger partial charge is 0.396 e. The van der Waals surface area contributed by atoms with Crippen molar-refractivity contribution in [3.05, 3.63) is 17.5 Å². The van der Waals surface area contributed by atoms with Crippen molar-refractivity contribution >= 4 is 0 Å². The van der Waals surface area contributed by atoms with Crippen molar-refractivity contribution < 1.29 is 14.4 Å². The Morgan fingerprint density at radius 2 is 2.29 bits per heavy atom. The summed E-state index contributed by atoms with van der Waals surface area (Å²) in [5.74, 6) is 0.738. The molecule has 0 unspecified atom stereocenters. The van der Waals surface area contributed by atoms with E-state index >= 15 is 0 Å². The number of nitrogens with zero attached hydrogens (tertiary/aromatic N) is 1. The number of nitrogens with one attached hydrogen (secondary N) is 1. The molecule has 1 saturated heterocycles. The van der Waals surface area contributed by atoms with Crippen LogP contribution in [0.1, 0.15) is 25.3 Å². The van der Waals surface area contributed by atoms with Crippen molar-refractivity contribution in [3.63, 3.8) is 0 Å². The van der Waals surface area contributed by atoms with Crippen LogP contribution in [0.4, 0.5) is 0 Å². The van der Waals surface area contributed by atoms with Crippen molar-refractivity contribution in [2.24, 2.45) is 0 Å². The van der Waals surface area contributed by atoms with E-state index in [1.807, 2.05) is 6.07 Å². The fraction of sp³-hybridized carbons (Fsp3) is 0.750. The van der Waals surface area contributed by atoms with Crippen LogP contribution in [0.2, 0.25) is 0 Å². The average Bonchev–Trinajstić information content (AvgIpc) is 2.62. The third kappa shape index (κ3) is 3.06. The predicted molar refractivity (Wildman–Crippen MR) is 62.8 cm³/mol. The fourth-order valence-electron chi connectivity index (χ4n) is 2.21. The lowest BCUT2D eigenvalue weighted by molar-refractivity contribution is -0.0781. The third-order valence-corrected chi connectivity index (χ3v) is 2.84. The molecule has 1 aliphatic rings. The summed E-state index contributed by atoms with van der Waals surface area (Å²) < 4.78 is 10.5. The van der Waals surface area contributed by atoms with Gasteiger partial charge in [0.05, 0.1) is 31.1 Å². The molecule has 17 heavy (non-hydrogen) atoms. The lowest BCUT2D eigenvalue weighted by atomic mass is 9.90. The van der Waals surface area contributed by atoms with Gasteiger partial charge in [-0.25, -0.2) is 0 Å². The number of rotatable bonds is 6. The first kappa shape index (κ1) is 12.5. The molecule has 1 aromatic rings. The Bertz CT molecular complexity index is 358. The number of hydrogen-bond donors (Lipinski definition) is 2. The second-order valence-electron chi connectivity index (χ2n) is 5.01. The smallest absolute Gasteiger partial charge is 0.139 e. The topological polar surface area (TPSA) is 67.5 Å². The molecule has 0 aliphatic carbocycles. The minimum atomic E-state index is 0.00151. The van der Waals surface area contributed by atoms with Crippen LogP contribution >= 0.6 is 0 Å². The average molecular weight is 240 g/mol. The highest BCUT2D eigenvalue weighted by Gasteiger charge is 2.39. The van der Waals surface area contributed by atoms with Crippen LogP contribution in [0.15, 0.2) is 10.6 Å². The number of aliphatic hydroxyl groups is 1. The maximum atomic E-state index is 8.82. The van der Waals surface area contributed by atoms with Crippen molar-refractivity contribution in [1.29, 1.82) is 0 Å².